The molecule has 1 amide bonds. The topological polar surface area (TPSA) is 46.9 Å². The fraction of sp³-hybridized carbons (Fsp3) is 0.200. The second kappa shape index (κ2) is 8.11. The maximum absolute atomic E-state index is 10.4. The van der Waals surface area contributed by atoms with Crippen LogP contribution >= 0.6 is 0 Å². The van der Waals surface area contributed by atoms with E-state index in [4.69, 9.17) is 4.98 Å². The molecule has 0 atom stereocenters. The molecule has 0 spiro atoms. The molecule has 4 nitrogen and oxygen atoms in total. The van der Waals surface area contributed by atoms with Crippen molar-refractivity contribution in [2.75, 3.05) is 6.54 Å². The van der Waals surface area contributed by atoms with Gasteiger partial charge in [0.05, 0.1) is 11.0 Å². The summed E-state index contributed by atoms with van der Waals surface area (Å²) in [6.07, 6.45) is 7.59. The van der Waals surface area contributed by atoms with E-state index in [1.807, 2.05) is 24.3 Å². The van der Waals surface area contributed by atoms with Crippen LogP contribution in [0.4, 0.5) is 0 Å². The van der Waals surface area contributed by atoms with E-state index in [0.717, 1.165) is 42.5 Å². The molecular formula is C20H21N3O. The van der Waals surface area contributed by atoms with Crippen molar-refractivity contribution in [2.24, 2.45) is 0 Å². The van der Waals surface area contributed by atoms with Gasteiger partial charge in [-0.1, -0.05) is 48.5 Å². The van der Waals surface area contributed by atoms with Crippen molar-refractivity contribution in [3.63, 3.8) is 0 Å². The van der Waals surface area contributed by atoms with Crippen LogP contribution in [0.5, 0.6) is 0 Å². The maximum Gasteiger partial charge on any atom is 0.207 e. The summed E-state index contributed by atoms with van der Waals surface area (Å²) in [6, 6.07) is 18.6. The van der Waals surface area contributed by atoms with E-state index in [1.165, 1.54) is 5.56 Å². The number of aromatic nitrogens is 2. The summed E-state index contributed by atoms with van der Waals surface area (Å²) in [7, 11) is 0. The molecular weight excluding hydrogens is 298 g/mol. The number of amides is 1. The number of hydrogen-bond donors (Lipinski definition) is 1. The highest BCUT2D eigenvalue weighted by atomic mass is 16.1. The van der Waals surface area contributed by atoms with Crippen LogP contribution in [-0.2, 0) is 17.6 Å². The molecule has 1 N–H and O–H groups in total. The number of aryl methyl sites for hydroxylation is 1. The number of fused-ring (bicyclic) bond motifs is 1. The Bertz CT molecular complexity index is 821. The first kappa shape index (κ1) is 16.0. The van der Waals surface area contributed by atoms with Gasteiger partial charge < -0.3 is 9.88 Å². The van der Waals surface area contributed by atoms with Crippen LogP contribution in [0.3, 0.4) is 0 Å². The molecule has 1 heterocycles. The fourth-order valence-corrected chi connectivity index (χ4v) is 2.75. The van der Waals surface area contributed by atoms with Crippen LogP contribution in [0.15, 0.2) is 60.7 Å². The standard InChI is InChI=1S/C20H21N3O/c24-16-21-14-6-13-20-22-18-11-4-5-12-19(18)23(20)15-7-10-17-8-2-1-3-9-17/h1-5,7-9,11-12,15-16H,6,10,13-14H2,(H,21,24)/b15-7-. The zero-order valence-corrected chi connectivity index (χ0v) is 13.6. The molecule has 0 bridgehead atoms. The van der Waals surface area contributed by atoms with Crippen molar-refractivity contribution in [1.82, 2.24) is 14.9 Å². The van der Waals surface area contributed by atoms with Crippen LogP contribution in [-0.4, -0.2) is 22.5 Å². The number of carbonyl (C=O) groups excluding carboxylic acids is 1. The first-order chi connectivity index (χ1) is 11.9. The SMILES string of the molecule is O=CNCCCc1nc2ccccc2n1/C=C\Cc1ccccc1. The van der Waals surface area contributed by atoms with Gasteiger partial charge in [0.1, 0.15) is 5.82 Å². The van der Waals surface area contributed by atoms with Crippen LogP contribution in [0.2, 0.25) is 0 Å². The third-order valence-electron chi connectivity index (χ3n) is 3.92. The van der Waals surface area contributed by atoms with Crippen LogP contribution in [0, 0.1) is 0 Å². The molecule has 3 rings (SSSR count). The average molecular weight is 319 g/mol. The third-order valence-corrected chi connectivity index (χ3v) is 3.92. The smallest absolute Gasteiger partial charge is 0.207 e. The normalized spacial score (nSPS) is 11.2. The summed E-state index contributed by atoms with van der Waals surface area (Å²) in [6.45, 7) is 0.667. The van der Waals surface area contributed by atoms with Gasteiger partial charge in [-0.25, -0.2) is 4.98 Å². The average Bonchev–Trinajstić information content (AvgIpc) is 2.97. The second-order valence-electron chi connectivity index (χ2n) is 5.64. The Kier molecular flexibility index (Phi) is 5.40. The molecule has 1 aromatic heterocycles. The van der Waals surface area contributed by atoms with Gasteiger partial charge in [-0.05, 0) is 30.5 Å². The van der Waals surface area contributed by atoms with Gasteiger partial charge >= 0.3 is 0 Å². The van der Waals surface area contributed by atoms with Gasteiger partial charge in [0.15, 0.2) is 0 Å². The van der Waals surface area contributed by atoms with E-state index in [9.17, 15) is 4.79 Å². The van der Waals surface area contributed by atoms with Crippen LogP contribution < -0.4 is 5.32 Å². The van der Waals surface area contributed by atoms with Crippen LogP contribution in [0.25, 0.3) is 17.2 Å². The highest BCUT2D eigenvalue weighted by molar-refractivity contribution is 5.78. The van der Waals surface area contributed by atoms with Gasteiger partial charge in [0, 0.05) is 19.2 Å². The Labute approximate surface area is 141 Å². The van der Waals surface area contributed by atoms with Crippen molar-refractivity contribution in [3.05, 3.63) is 72.1 Å². The van der Waals surface area contributed by atoms with Gasteiger partial charge in [-0.3, -0.25) is 4.79 Å². The largest absolute Gasteiger partial charge is 0.359 e. The first-order valence-electron chi connectivity index (χ1n) is 8.22. The van der Waals surface area contributed by atoms with E-state index in [-0.39, 0.29) is 0 Å². The molecule has 0 saturated heterocycles. The number of allylic oxidation sites excluding steroid dienone is 1. The number of nitrogens with one attached hydrogen (secondary N) is 1. The predicted octanol–water partition coefficient (Wildman–Crippen LogP) is 3.43. The lowest BCUT2D eigenvalue weighted by molar-refractivity contribution is -0.109. The highest BCUT2D eigenvalue weighted by Crippen LogP contribution is 2.17. The Hall–Kier alpha value is -2.88. The highest BCUT2D eigenvalue weighted by Gasteiger charge is 2.07. The van der Waals surface area contributed by atoms with Crippen molar-refractivity contribution in [3.8, 4) is 0 Å². The monoisotopic (exact) mass is 319 g/mol. The summed E-state index contributed by atoms with van der Waals surface area (Å²) in [5, 5.41) is 2.70. The lowest BCUT2D eigenvalue weighted by Gasteiger charge is -2.04. The number of nitrogens with zero attached hydrogens (tertiary/aromatic N) is 2. The third kappa shape index (κ3) is 3.90. The Balaban J connectivity index is 1.79. The molecule has 0 saturated carbocycles. The number of para-hydroxylation sites is 2. The fourth-order valence-electron chi connectivity index (χ4n) is 2.75. The van der Waals surface area contributed by atoms with Crippen molar-refractivity contribution in [1.29, 1.82) is 0 Å². The van der Waals surface area contributed by atoms with Crippen molar-refractivity contribution < 1.29 is 4.79 Å². The van der Waals surface area contributed by atoms with Gasteiger partial charge in [0.2, 0.25) is 6.41 Å². The number of benzene rings is 2. The molecule has 0 aliphatic carbocycles. The number of imidazole rings is 1. The number of carbonyl (C=O) groups is 1. The molecule has 24 heavy (non-hydrogen) atoms. The molecule has 2 aromatic carbocycles. The lowest BCUT2D eigenvalue weighted by Crippen LogP contribution is -2.13. The molecule has 122 valence electrons. The minimum Gasteiger partial charge on any atom is -0.359 e. The van der Waals surface area contributed by atoms with Crippen LogP contribution in [0.1, 0.15) is 17.8 Å². The van der Waals surface area contributed by atoms with Gasteiger partial charge in [-0.2, -0.15) is 0 Å². The predicted molar refractivity (Wildman–Crippen MR) is 97.6 cm³/mol. The molecule has 3 aromatic rings. The molecule has 4 heteroatoms. The summed E-state index contributed by atoms with van der Waals surface area (Å²) in [5.74, 6) is 1.02. The molecule has 0 aliphatic heterocycles. The molecule has 0 fully saturated rings. The maximum atomic E-state index is 10.4. The van der Waals surface area contributed by atoms with E-state index in [1.54, 1.807) is 0 Å². The van der Waals surface area contributed by atoms with E-state index >= 15 is 0 Å². The first-order valence-corrected chi connectivity index (χ1v) is 8.22. The number of hydrogen-bond acceptors (Lipinski definition) is 2. The number of rotatable bonds is 8. The summed E-state index contributed by atoms with van der Waals surface area (Å²) < 4.78 is 2.15. The van der Waals surface area contributed by atoms with E-state index < -0.39 is 0 Å². The van der Waals surface area contributed by atoms with E-state index in [2.05, 4.69) is 52.5 Å². The minimum atomic E-state index is 0.667. The quantitative estimate of drug-likeness (QED) is 0.511. The van der Waals surface area contributed by atoms with Crippen molar-refractivity contribution in [2.45, 2.75) is 19.3 Å². The van der Waals surface area contributed by atoms with E-state index in [0.29, 0.717) is 6.54 Å². The zero-order valence-electron chi connectivity index (χ0n) is 13.6. The second-order valence-corrected chi connectivity index (χ2v) is 5.64. The summed E-state index contributed by atoms with van der Waals surface area (Å²) >= 11 is 0. The lowest BCUT2D eigenvalue weighted by atomic mass is 10.1. The van der Waals surface area contributed by atoms with Gasteiger partial charge in [-0.15, -0.1) is 0 Å². The Morgan fingerprint density at radius 3 is 2.67 bits per heavy atom. The molecule has 0 radical (unpaired) electrons. The molecule has 0 aliphatic rings. The van der Waals surface area contributed by atoms with Crippen molar-refractivity contribution >= 4 is 23.6 Å². The van der Waals surface area contributed by atoms with Gasteiger partial charge in [0.25, 0.3) is 0 Å². The minimum absolute atomic E-state index is 0.667. The summed E-state index contributed by atoms with van der Waals surface area (Å²) in [5.41, 5.74) is 3.40. The zero-order chi connectivity index (χ0) is 16.6. The molecule has 0 unspecified atom stereocenters. The Morgan fingerprint density at radius 2 is 1.83 bits per heavy atom. The summed E-state index contributed by atoms with van der Waals surface area (Å²) in [4.78, 5) is 15.1. The Morgan fingerprint density at radius 1 is 1.04 bits per heavy atom.